The lowest BCUT2D eigenvalue weighted by Gasteiger charge is -2.32. The van der Waals surface area contributed by atoms with Crippen LogP contribution in [0, 0.1) is 0 Å². The van der Waals surface area contributed by atoms with Crippen LogP contribution in [-0.4, -0.2) is 34.1 Å². The maximum Gasteiger partial charge on any atom is 0.264 e. The number of hydrogen-bond donors (Lipinski definition) is 2. The SMILES string of the molecule is NCc1ccsc1C(=O)N1CCCC(c2cc(-c3ccccc3)n[nH]2)C1. The summed E-state index contributed by atoms with van der Waals surface area (Å²) in [7, 11) is 0. The van der Waals surface area contributed by atoms with Gasteiger partial charge in [0.05, 0.1) is 10.6 Å². The Hall–Kier alpha value is -2.44. The second kappa shape index (κ2) is 7.43. The van der Waals surface area contributed by atoms with E-state index in [1.807, 2.05) is 34.5 Å². The van der Waals surface area contributed by atoms with Crippen molar-refractivity contribution in [1.82, 2.24) is 15.1 Å². The van der Waals surface area contributed by atoms with Gasteiger partial charge in [0.25, 0.3) is 5.91 Å². The summed E-state index contributed by atoms with van der Waals surface area (Å²) in [5.74, 6) is 0.395. The van der Waals surface area contributed by atoms with Crippen LogP contribution in [0.25, 0.3) is 11.3 Å². The van der Waals surface area contributed by atoms with Crippen molar-refractivity contribution in [2.45, 2.75) is 25.3 Å². The van der Waals surface area contributed by atoms with Gasteiger partial charge in [0, 0.05) is 36.8 Å². The van der Waals surface area contributed by atoms with Crippen LogP contribution in [0.5, 0.6) is 0 Å². The Kier molecular flexibility index (Phi) is 4.86. The molecule has 0 spiro atoms. The van der Waals surface area contributed by atoms with Gasteiger partial charge >= 0.3 is 0 Å². The zero-order valence-electron chi connectivity index (χ0n) is 14.5. The number of likely N-dealkylation sites (tertiary alicyclic amines) is 1. The Morgan fingerprint density at radius 1 is 1.31 bits per heavy atom. The first-order valence-electron chi connectivity index (χ1n) is 8.92. The maximum absolute atomic E-state index is 12.9. The van der Waals surface area contributed by atoms with Crippen LogP contribution in [0.1, 0.15) is 39.7 Å². The summed E-state index contributed by atoms with van der Waals surface area (Å²) in [6.45, 7) is 1.93. The molecule has 1 amide bonds. The number of amides is 1. The molecule has 1 fully saturated rings. The van der Waals surface area contributed by atoms with Gasteiger partial charge in [0.15, 0.2) is 0 Å². The Labute approximate surface area is 156 Å². The third-order valence-corrected chi connectivity index (χ3v) is 5.92. The summed E-state index contributed by atoms with van der Waals surface area (Å²) < 4.78 is 0. The van der Waals surface area contributed by atoms with E-state index in [2.05, 4.69) is 28.4 Å². The highest BCUT2D eigenvalue weighted by Crippen LogP contribution is 2.30. The van der Waals surface area contributed by atoms with Gasteiger partial charge in [0.2, 0.25) is 0 Å². The van der Waals surface area contributed by atoms with E-state index in [1.165, 1.54) is 11.3 Å². The number of nitrogens with two attached hydrogens (primary N) is 1. The zero-order valence-corrected chi connectivity index (χ0v) is 15.3. The van der Waals surface area contributed by atoms with Crippen LogP contribution < -0.4 is 5.73 Å². The van der Waals surface area contributed by atoms with Crippen LogP contribution in [0.2, 0.25) is 0 Å². The van der Waals surface area contributed by atoms with Crippen LogP contribution in [0.15, 0.2) is 47.8 Å². The van der Waals surface area contributed by atoms with Gasteiger partial charge in [-0.25, -0.2) is 0 Å². The van der Waals surface area contributed by atoms with E-state index in [-0.39, 0.29) is 5.91 Å². The zero-order chi connectivity index (χ0) is 17.9. The van der Waals surface area contributed by atoms with Crippen molar-refractivity contribution in [3.8, 4) is 11.3 Å². The topological polar surface area (TPSA) is 75.0 Å². The lowest BCUT2D eigenvalue weighted by atomic mass is 9.94. The second-order valence-corrected chi connectivity index (χ2v) is 7.56. The number of H-pyrrole nitrogens is 1. The molecular formula is C20H22N4OS. The van der Waals surface area contributed by atoms with Crippen LogP contribution >= 0.6 is 11.3 Å². The molecule has 26 heavy (non-hydrogen) atoms. The van der Waals surface area contributed by atoms with Crippen LogP contribution in [-0.2, 0) is 6.54 Å². The van der Waals surface area contributed by atoms with Gasteiger partial charge in [-0.1, -0.05) is 30.3 Å². The number of aromatic amines is 1. The normalized spacial score (nSPS) is 17.4. The largest absolute Gasteiger partial charge is 0.337 e. The molecule has 6 heteroatoms. The lowest BCUT2D eigenvalue weighted by molar-refractivity contribution is 0.0710. The second-order valence-electron chi connectivity index (χ2n) is 6.64. The van der Waals surface area contributed by atoms with Gasteiger partial charge in [-0.3, -0.25) is 9.89 Å². The van der Waals surface area contributed by atoms with Gasteiger partial charge in [-0.15, -0.1) is 11.3 Å². The molecule has 1 atom stereocenters. The number of aromatic nitrogens is 2. The molecule has 1 aliphatic heterocycles. The maximum atomic E-state index is 12.9. The number of thiophene rings is 1. The minimum atomic E-state index is 0.105. The Balaban J connectivity index is 1.51. The number of nitrogens with one attached hydrogen (secondary N) is 1. The van der Waals surface area contributed by atoms with E-state index in [1.54, 1.807) is 0 Å². The molecule has 1 unspecified atom stereocenters. The standard InChI is InChI=1S/C20H22N4OS/c21-12-15-8-10-26-19(15)20(25)24-9-4-7-16(13-24)18-11-17(22-23-18)14-5-2-1-3-6-14/h1-3,5-6,8,10-11,16H,4,7,9,12-13,21H2,(H,22,23). The van der Waals surface area contributed by atoms with Gasteiger partial charge in [0.1, 0.15) is 0 Å². The van der Waals surface area contributed by atoms with Crippen molar-refractivity contribution < 1.29 is 4.79 Å². The van der Waals surface area contributed by atoms with E-state index in [0.717, 1.165) is 53.3 Å². The molecule has 1 aromatic carbocycles. The Bertz CT molecular complexity index is 886. The van der Waals surface area contributed by atoms with Gasteiger partial charge < -0.3 is 10.6 Å². The van der Waals surface area contributed by atoms with Crippen molar-refractivity contribution in [3.63, 3.8) is 0 Å². The summed E-state index contributed by atoms with van der Waals surface area (Å²) in [6, 6.07) is 14.2. The minimum absolute atomic E-state index is 0.105. The van der Waals surface area contributed by atoms with Gasteiger partial charge in [-0.05, 0) is 35.9 Å². The number of carbonyl (C=O) groups excluding carboxylic acids is 1. The van der Waals surface area contributed by atoms with Crippen LogP contribution in [0.3, 0.4) is 0 Å². The molecule has 0 saturated carbocycles. The molecule has 3 aromatic rings. The molecule has 0 bridgehead atoms. The van der Waals surface area contributed by atoms with E-state index in [0.29, 0.717) is 12.5 Å². The molecular weight excluding hydrogens is 344 g/mol. The van der Waals surface area contributed by atoms with E-state index < -0.39 is 0 Å². The average molecular weight is 366 g/mol. The summed E-state index contributed by atoms with van der Waals surface area (Å²) in [4.78, 5) is 15.6. The number of benzene rings is 1. The van der Waals surface area contributed by atoms with Crippen molar-refractivity contribution in [3.05, 3.63) is 64.0 Å². The Morgan fingerprint density at radius 3 is 2.96 bits per heavy atom. The van der Waals surface area contributed by atoms with E-state index in [4.69, 9.17) is 5.73 Å². The summed E-state index contributed by atoms with van der Waals surface area (Å²) >= 11 is 1.48. The fraction of sp³-hybridized carbons (Fsp3) is 0.300. The molecule has 0 aliphatic carbocycles. The lowest BCUT2D eigenvalue weighted by Crippen LogP contribution is -2.39. The van der Waals surface area contributed by atoms with Gasteiger partial charge in [-0.2, -0.15) is 5.10 Å². The third kappa shape index (κ3) is 3.30. The highest BCUT2D eigenvalue weighted by atomic mass is 32.1. The summed E-state index contributed by atoms with van der Waals surface area (Å²) in [5, 5.41) is 9.59. The molecule has 1 aliphatic rings. The number of nitrogens with zero attached hydrogens (tertiary/aromatic N) is 2. The molecule has 3 N–H and O–H groups in total. The number of hydrogen-bond acceptors (Lipinski definition) is 4. The quantitative estimate of drug-likeness (QED) is 0.740. The van der Waals surface area contributed by atoms with Crippen molar-refractivity contribution in [2.24, 2.45) is 5.73 Å². The smallest absolute Gasteiger partial charge is 0.264 e. The average Bonchev–Trinajstić information content (AvgIpc) is 3.37. The van der Waals surface area contributed by atoms with Crippen molar-refractivity contribution in [1.29, 1.82) is 0 Å². The molecule has 5 nitrogen and oxygen atoms in total. The number of rotatable bonds is 4. The predicted molar refractivity (Wildman–Crippen MR) is 104 cm³/mol. The molecule has 4 rings (SSSR count). The van der Waals surface area contributed by atoms with E-state index >= 15 is 0 Å². The number of carbonyl (C=O) groups is 1. The highest BCUT2D eigenvalue weighted by molar-refractivity contribution is 7.12. The van der Waals surface area contributed by atoms with Crippen molar-refractivity contribution in [2.75, 3.05) is 13.1 Å². The highest BCUT2D eigenvalue weighted by Gasteiger charge is 2.28. The molecule has 2 aromatic heterocycles. The fourth-order valence-corrected chi connectivity index (χ4v) is 4.45. The predicted octanol–water partition coefficient (Wildman–Crippen LogP) is 3.62. The third-order valence-electron chi connectivity index (χ3n) is 4.98. The first-order valence-corrected chi connectivity index (χ1v) is 9.80. The molecule has 134 valence electrons. The van der Waals surface area contributed by atoms with Crippen molar-refractivity contribution >= 4 is 17.2 Å². The summed E-state index contributed by atoms with van der Waals surface area (Å²) in [6.07, 6.45) is 2.06. The monoisotopic (exact) mass is 366 g/mol. The van der Waals surface area contributed by atoms with Crippen LogP contribution in [0.4, 0.5) is 0 Å². The first-order chi connectivity index (χ1) is 12.8. The Morgan fingerprint density at radius 2 is 2.15 bits per heavy atom. The molecule has 1 saturated heterocycles. The number of piperidine rings is 1. The van der Waals surface area contributed by atoms with E-state index in [9.17, 15) is 4.79 Å². The first kappa shape index (κ1) is 17.0. The molecule has 0 radical (unpaired) electrons. The summed E-state index contributed by atoms with van der Waals surface area (Å²) in [5.41, 5.74) is 9.86. The molecule has 3 heterocycles. The minimum Gasteiger partial charge on any atom is -0.337 e. The fourth-order valence-electron chi connectivity index (χ4n) is 3.55.